The molecule has 0 amide bonds. The Hall–Kier alpha value is -4.21. The highest BCUT2D eigenvalue weighted by molar-refractivity contribution is 5.91. The molecule has 5 aromatic rings. The number of anilines is 1. The van der Waals surface area contributed by atoms with Crippen LogP contribution in [-0.4, -0.2) is 40.7 Å². The highest BCUT2D eigenvalue weighted by Crippen LogP contribution is 2.31. The van der Waals surface area contributed by atoms with E-state index in [-0.39, 0.29) is 11.4 Å². The number of nitrogens with two attached hydrogens (primary N) is 1. The van der Waals surface area contributed by atoms with Crippen molar-refractivity contribution in [2.75, 3.05) is 5.73 Å². The highest BCUT2D eigenvalue weighted by atomic mass is 16.4. The Balaban J connectivity index is 1.61. The maximum atomic E-state index is 12.0. The average Bonchev–Trinajstić information content (AvgIpc) is 3.45. The van der Waals surface area contributed by atoms with Gasteiger partial charge in [-0.3, -0.25) is 0 Å². The second kappa shape index (κ2) is 6.91. The number of nitrogens with zero attached hydrogens (tertiary/aromatic N) is 6. The van der Waals surface area contributed by atoms with Gasteiger partial charge in [-0.05, 0) is 29.8 Å². The first-order valence-corrected chi connectivity index (χ1v) is 10.0. The monoisotopic (exact) mass is 431 g/mol. The van der Waals surface area contributed by atoms with E-state index in [0.717, 1.165) is 16.6 Å². The number of carboxylic acid groups (broad SMARTS) is 1. The molecule has 0 bridgehead atoms. The van der Waals surface area contributed by atoms with Gasteiger partial charge >= 0.3 is 6.09 Å². The molecule has 0 fully saturated rings. The van der Waals surface area contributed by atoms with Crippen molar-refractivity contribution >= 4 is 34.1 Å². The zero-order valence-electron chi connectivity index (χ0n) is 17.8. The fraction of sp³-hybridized carbons (Fsp3) is 0.227. The summed E-state index contributed by atoms with van der Waals surface area (Å²) in [7, 11) is 0. The molecule has 1 aromatic carbocycles. The lowest BCUT2D eigenvalue weighted by atomic mass is 9.92. The number of rotatable bonds is 3. The number of fused-ring (bicyclic) bond motifs is 2. The first-order chi connectivity index (χ1) is 15.2. The molecule has 32 heavy (non-hydrogen) atoms. The number of hydrogen-bond donors (Lipinski definition) is 2. The fourth-order valence-corrected chi connectivity index (χ4v) is 3.84. The van der Waals surface area contributed by atoms with Gasteiger partial charge in [0.15, 0.2) is 16.9 Å². The van der Waals surface area contributed by atoms with E-state index in [4.69, 9.17) is 10.2 Å². The summed E-state index contributed by atoms with van der Waals surface area (Å²) < 4.78 is 8.39. The van der Waals surface area contributed by atoms with Crippen LogP contribution in [0.5, 0.6) is 0 Å². The van der Waals surface area contributed by atoms with Crippen molar-refractivity contribution in [1.82, 2.24) is 29.5 Å². The molecule has 0 saturated carbocycles. The molecular formula is C22H21N7O3. The number of hydrogen-bond acceptors (Lipinski definition) is 7. The molecule has 162 valence electrons. The van der Waals surface area contributed by atoms with Gasteiger partial charge in [-0.15, -0.1) is 5.10 Å². The quantitative estimate of drug-likeness (QED) is 0.439. The molecule has 0 atom stereocenters. The second-order valence-corrected chi connectivity index (χ2v) is 8.62. The van der Waals surface area contributed by atoms with Crippen LogP contribution in [0.15, 0.2) is 47.1 Å². The summed E-state index contributed by atoms with van der Waals surface area (Å²) in [6, 6.07) is 11.1. The van der Waals surface area contributed by atoms with Crippen LogP contribution in [0.25, 0.3) is 33.5 Å². The molecule has 0 aliphatic carbocycles. The van der Waals surface area contributed by atoms with E-state index in [1.54, 1.807) is 23.1 Å². The average molecular weight is 431 g/mol. The number of benzene rings is 1. The van der Waals surface area contributed by atoms with Crippen LogP contribution in [0, 0.1) is 0 Å². The van der Waals surface area contributed by atoms with Crippen molar-refractivity contribution in [2.24, 2.45) is 0 Å². The number of aromatic nitrogens is 6. The summed E-state index contributed by atoms with van der Waals surface area (Å²) in [6.45, 7) is 6.30. The Bertz CT molecular complexity index is 1470. The van der Waals surface area contributed by atoms with Crippen molar-refractivity contribution in [1.29, 1.82) is 0 Å². The predicted molar refractivity (Wildman–Crippen MR) is 118 cm³/mol. The Labute approximate surface area is 182 Å². The van der Waals surface area contributed by atoms with Crippen molar-refractivity contribution in [3.63, 3.8) is 0 Å². The molecular weight excluding hydrogens is 410 g/mol. The van der Waals surface area contributed by atoms with E-state index < -0.39 is 6.09 Å². The number of carbonyl (C=O) groups is 1. The molecule has 10 heteroatoms. The maximum absolute atomic E-state index is 12.0. The summed E-state index contributed by atoms with van der Waals surface area (Å²) in [5.41, 5.74) is 9.20. The van der Waals surface area contributed by atoms with Gasteiger partial charge in [-0.2, -0.15) is 4.98 Å². The lowest BCUT2D eigenvalue weighted by Crippen LogP contribution is -2.21. The Morgan fingerprint density at radius 3 is 2.69 bits per heavy atom. The lowest BCUT2D eigenvalue weighted by Gasteiger charge is -2.19. The standard InChI is InChI=1S/C22H21N7O3/c1-22(2,3)16-10-13-7-6-12(9-14(13)29(16)21(30)31)11-28-19-18(26-27-28)17(24-20(23)25-19)15-5-4-8-32-15/h4-10H,11H2,1-3H3,(H,30,31)(H2,23,24,25). The minimum atomic E-state index is -1.02. The van der Waals surface area contributed by atoms with Gasteiger partial charge < -0.3 is 15.3 Å². The Morgan fingerprint density at radius 1 is 1.19 bits per heavy atom. The molecule has 0 spiro atoms. The summed E-state index contributed by atoms with van der Waals surface area (Å²) >= 11 is 0. The van der Waals surface area contributed by atoms with Crippen LogP contribution in [-0.2, 0) is 12.0 Å². The highest BCUT2D eigenvalue weighted by Gasteiger charge is 2.24. The third-order valence-electron chi connectivity index (χ3n) is 5.30. The molecule has 5 rings (SSSR count). The largest absolute Gasteiger partial charge is 0.464 e. The van der Waals surface area contributed by atoms with Gasteiger partial charge in [0.05, 0.1) is 18.3 Å². The summed E-state index contributed by atoms with van der Waals surface area (Å²) in [5.74, 6) is 0.601. The smallest absolute Gasteiger partial charge is 0.416 e. The van der Waals surface area contributed by atoms with E-state index in [1.807, 2.05) is 45.0 Å². The van der Waals surface area contributed by atoms with Gasteiger partial charge in [0.1, 0.15) is 5.69 Å². The Kier molecular flexibility index (Phi) is 4.26. The Morgan fingerprint density at radius 2 is 2.00 bits per heavy atom. The lowest BCUT2D eigenvalue weighted by molar-refractivity contribution is 0.195. The summed E-state index contributed by atoms with van der Waals surface area (Å²) in [5, 5.41) is 19.2. The summed E-state index contributed by atoms with van der Waals surface area (Å²) in [4.78, 5) is 20.6. The minimum absolute atomic E-state index is 0.0810. The molecule has 10 nitrogen and oxygen atoms in total. The zero-order chi connectivity index (χ0) is 22.6. The number of furan rings is 1. The maximum Gasteiger partial charge on any atom is 0.416 e. The van der Waals surface area contributed by atoms with Gasteiger partial charge in [0.25, 0.3) is 0 Å². The van der Waals surface area contributed by atoms with E-state index >= 15 is 0 Å². The predicted octanol–water partition coefficient (Wildman–Crippen LogP) is 3.89. The molecule has 0 aliphatic heterocycles. The van der Waals surface area contributed by atoms with Crippen molar-refractivity contribution in [3.05, 3.63) is 53.9 Å². The zero-order valence-corrected chi connectivity index (χ0v) is 17.8. The summed E-state index contributed by atoms with van der Waals surface area (Å²) in [6.07, 6.45) is 0.527. The molecule has 0 radical (unpaired) electrons. The third kappa shape index (κ3) is 3.16. The molecule has 4 heterocycles. The van der Waals surface area contributed by atoms with E-state index in [2.05, 4.69) is 20.3 Å². The van der Waals surface area contributed by atoms with Gasteiger partial charge in [-0.25, -0.2) is 19.0 Å². The molecule has 0 aliphatic rings. The number of nitrogen functional groups attached to an aromatic ring is 1. The first kappa shape index (κ1) is 19.7. The van der Waals surface area contributed by atoms with Crippen molar-refractivity contribution in [2.45, 2.75) is 32.7 Å². The van der Waals surface area contributed by atoms with E-state index in [1.165, 1.54) is 4.57 Å². The van der Waals surface area contributed by atoms with Gasteiger partial charge in [0, 0.05) is 16.5 Å². The van der Waals surface area contributed by atoms with E-state index in [9.17, 15) is 9.90 Å². The van der Waals surface area contributed by atoms with Gasteiger partial charge in [0.2, 0.25) is 5.95 Å². The molecule has 4 aromatic heterocycles. The molecule has 3 N–H and O–H groups in total. The van der Waals surface area contributed by atoms with Crippen LogP contribution in [0.1, 0.15) is 32.0 Å². The van der Waals surface area contributed by atoms with E-state index in [0.29, 0.717) is 34.7 Å². The van der Waals surface area contributed by atoms with Gasteiger partial charge in [-0.1, -0.05) is 38.1 Å². The third-order valence-corrected chi connectivity index (χ3v) is 5.30. The van der Waals surface area contributed by atoms with Crippen LogP contribution in [0.3, 0.4) is 0 Å². The van der Waals surface area contributed by atoms with Crippen molar-refractivity contribution < 1.29 is 14.3 Å². The molecule has 0 unspecified atom stereocenters. The van der Waals surface area contributed by atoms with Crippen LogP contribution in [0.2, 0.25) is 0 Å². The fourth-order valence-electron chi connectivity index (χ4n) is 3.84. The van der Waals surface area contributed by atoms with Crippen LogP contribution < -0.4 is 5.73 Å². The van der Waals surface area contributed by atoms with Crippen LogP contribution >= 0.6 is 0 Å². The SMILES string of the molecule is CC(C)(C)c1cc2ccc(Cn3nnc4c(-c5ccco5)nc(N)nc43)cc2n1C(=O)O. The second-order valence-electron chi connectivity index (χ2n) is 8.62. The van der Waals surface area contributed by atoms with Crippen LogP contribution in [0.4, 0.5) is 10.7 Å². The first-order valence-electron chi connectivity index (χ1n) is 10.0. The topological polar surface area (TPSA) is 138 Å². The minimum Gasteiger partial charge on any atom is -0.464 e. The normalized spacial score (nSPS) is 12.1. The molecule has 0 saturated heterocycles. The van der Waals surface area contributed by atoms with Crippen molar-refractivity contribution in [3.8, 4) is 11.5 Å².